The summed E-state index contributed by atoms with van der Waals surface area (Å²) in [5, 5.41) is 0. The molecule has 4 atom stereocenters. The van der Waals surface area contributed by atoms with E-state index in [4.69, 9.17) is 0 Å². The first-order valence-corrected chi connectivity index (χ1v) is 7.44. The smallest absolute Gasteiger partial charge is 0.00126 e. The Kier molecular flexibility index (Phi) is 2.99. The van der Waals surface area contributed by atoms with E-state index in [2.05, 4.69) is 18.7 Å². The second-order valence-electron chi connectivity index (χ2n) is 7.04. The first-order valence-electron chi connectivity index (χ1n) is 7.44. The number of rotatable bonds is 2. The lowest BCUT2D eigenvalue weighted by Crippen LogP contribution is -2.45. The highest BCUT2D eigenvalue weighted by molar-refractivity contribution is 4.94. The predicted molar refractivity (Wildman–Crippen MR) is 68.3 cm³/mol. The molecular weight excluding hydrogens is 194 g/mol. The monoisotopic (exact) mass is 221 g/mol. The molecule has 1 aliphatic heterocycles. The topological polar surface area (TPSA) is 3.24 Å². The molecule has 0 aromatic carbocycles. The molecule has 2 aliphatic carbocycles. The molecule has 92 valence electrons. The van der Waals surface area contributed by atoms with Crippen molar-refractivity contribution in [3.05, 3.63) is 0 Å². The summed E-state index contributed by atoms with van der Waals surface area (Å²) >= 11 is 0. The molecular formula is C15H27N. The summed E-state index contributed by atoms with van der Waals surface area (Å²) in [6, 6.07) is 0. The van der Waals surface area contributed by atoms with Gasteiger partial charge in [-0.05, 0) is 61.8 Å². The summed E-state index contributed by atoms with van der Waals surface area (Å²) in [4.78, 5) is 2.75. The van der Waals surface area contributed by atoms with Crippen LogP contribution >= 0.6 is 0 Å². The van der Waals surface area contributed by atoms with Gasteiger partial charge in [0.05, 0.1) is 0 Å². The lowest BCUT2D eigenvalue weighted by Gasteiger charge is -2.45. The van der Waals surface area contributed by atoms with Crippen LogP contribution < -0.4 is 0 Å². The van der Waals surface area contributed by atoms with Crippen LogP contribution in [0.3, 0.4) is 0 Å². The van der Waals surface area contributed by atoms with Gasteiger partial charge in [0.1, 0.15) is 0 Å². The number of nitrogens with zero attached hydrogens (tertiary/aromatic N) is 1. The Morgan fingerprint density at radius 3 is 2.69 bits per heavy atom. The van der Waals surface area contributed by atoms with Crippen LogP contribution in [0.25, 0.3) is 0 Å². The Morgan fingerprint density at radius 2 is 1.88 bits per heavy atom. The highest BCUT2D eigenvalue weighted by Crippen LogP contribution is 2.50. The number of likely N-dealkylation sites (tertiary alicyclic amines) is 1. The van der Waals surface area contributed by atoms with E-state index in [1.54, 1.807) is 25.7 Å². The van der Waals surface area contributed by atoms with Gasteiger partial charge in [-0.3, -0.25) is 0 Å². The summed E-state index contributed by atoms with van der Waals surface area (Å²) in [5.74, 6) is 5.27. The first kappa shape index (κ1) is 11.1. The van der Waals surface area contributed by atoms with Gasteiger partial charge in [-0.15, -0.1) is 0 Å². The van der Waals surface area contributed by atoms with Crippen molar-refractivity contribution in [1.29, 1.82) is 0 Å². The third-order valence-electron chi connectivity index (χ3n) is 5.32. The molecule has 3 fully saturated rings. The minimum atomic E-state index is 0.844. The summed E-state index contributed by atoms with van der Waals surface area (Å²) in [5.41, 5.74) is 0. The van der Waals surface area contributed by atoms with Crippen molar-refractivity contribution in [2.24, 2.45) is 29.6 Å². The Labute approximate surface area is 101 Å². The first-order chi connectivity index (χ1) is 7.72. The van der Waals surface area contributed by atoms with Gasteiger partial charge >= 0.3 is 0 Å². The van der Waals surface area contributed by atoms with Gasteiger partial charge in [-0.2, -0.15) is 0 Å². The van der Waals surface area contributed by atoms with Crippen molar-refractivity contribution in [3.63, 3.8) is 0 Å². The van der Waals surface area contributed by atoms with Crippen molar-refractivity contribution >= 4 is 0 Å². The summed E-state index contributed by atoms with van der Waals surface area (Å²) < 4.78 is 0. The minimum absolute atomic E-state index is 0.844. The van der Waals surface area contributed by atoms with Gasteiger partial charge in [0.25, 0.3) is 0 Å². The van der Waals surface area contributed by atoms with E-state index in [1.807, 2.05) is 0 Å². The number of hydrogen-bond acceptors (Lipinski definition) is 1. The molecule has 16 heavy (non-hydrogen) atoms. The van der Waals surface area contributed by atoms with Gasteiger partial charge < -0.3 is 4.90 Å². The van der Waals surface area contributed by atoms with E-state index in [0.717, 1.165) is 29.6 Å². The van der Waals surface area contributed by atoms with Crippen molar-refractivity contribution in [1.82, 2.24) is 4.90 Å². The van der Waals surface area contributed by atoms with Gasteiger partial charge in [-0.25, -0.2) is 0 Å². The molecule has 0 radical (unpaired) electrons. The molecule has 3 aliphatic rings. The van der Waals surface area contributed by atoms with Gasteiger partial charge in [0, 0.05) is 13.1 Å². The van der Waals surface area contributed by atoms with E-state index >= 15 is 0 Å². The highest BCUT2D eigenvalue weighted by atomic mass is 15.1. The molecule has 2 saturated carbocycles. The zero-order valence-electron chi connectivity index (χ0n) is 11.0. The number of fused-ring (bicyclic) bond motifs is 4. The van der Waals surface area contributed by atoms with Crippen molar-refractivity contribution < 1.29 is 0 Å². The third-order valence-corrected chi connectivity index (χ3v) is 5.32. The maximum Gasteiger partial charge on any atom is 0.00126 e. The Balaban J connectivity index is 1.62. The number of hydrogen-bond donors (Lipinski definition) is 0. The molecule has 2 bridgehead atoms. The zero-order chi connectivity index (χ0) is 11.1. The van der Waals surface area contributed by atoms with Crippen LogP contribution in [-0.4, -0.2) is 24.5 Å². The van der Waals surface area contributed by atoms with E-state index < -0.39 is 0 Å². The molecule has 0 aromatic rings. The summed E-state index contributed by atoms with van der Waals surface area (Å²) in [6.45, 7) is 8.86. The van der Waals surface area contributed by atoms with Crippen molar-refractivity contribution in [2.45, 2.75) is 46.0 Å². The van der Waals surface area contributed by atoms with E-state index in [0.29, 0.717) is 0 Å². The normalized spacial score (nSPS) is 43.7. The van der Waals surface area contributed by atoms with Gasteiger partial charge in [-0.1, -0.05) is 20.3 Å². The van der Waals surface area contributed by atoms with E-state index in [9.17, 15) is 0 Å². The summed E-state index contributed by atoms with van der Waals surface area (Å²) in [7, 11) is 0. The average molecular weight is 221 g/mol. The van der Waals surface area contributed by atoms with Crippen LogP contribution in [0.5, 0.6) is 0 Å². The Hall–Kier alpha value is -0.0400. The molecule has 1 saturated heterocycles. The van der Waals surface area contributed by atoms with Gasteiger partial charge in [0.2, 0.25) is 0 Å². The SMILES string of the molecule is CC(C)CN1CC[C@H]2[C@H](CC3CC[C@H]2C3)C1. The maximum absolute atomic E-state index is 2.75. The molecule has 1 nitrogen and oxygen atoms in total. The molecule has 0 amide bonds. The average Bonchev–Trinajstić information content (AvgIpc) is 2.60. The maximum atomic E-state index is 2.75. The number of piperidine rings is 1. The molecule has 0 spiro atoms. The Morgan fingerprint density at radius 1 is 1.06 bits per heavy atom. The second kappa shape index (κ2) is 4.33. The largest absolute Gasteiger partial charge is 0.303 e. The van der Waals surface area contributed by atoms with Crippen molar-refractivity contribution in [2.75, 3.05) is 19.6 Å². The third kappa shape index (κ3) is 2.03. The van der Waals surface area contributed by atoms with E-state index in [1.165, 1.54) is 26.1 Å². The fourth-order valence-electron chi connectivity index (χ4n) is 4.82. The second-order valence-corrected chi connectivity index (χ2v) is 7.04. The fourth-order valence-corrected chi connectivity index (χ4v) is 4.82. The van der Waals surface area contributed by atoms with Gasteiger partial charge in [0.15, 0.2) is 0 Å². The molecule has 0 N–H and O–H groups in total. The lowest BCUT2D eigenvalue weighted by molar-refractivity contribution is 0.0436. The molecule has 1 unspecified atom stereocenters. The van der Waals surface area contributed by atoms with Crippen LogP contribution in [0, 0.1) is 29.6 Å². The molecule has 1 heterocycles. The van der Waals surface area contributed by atoms with Crippen LogP contribution in [0.15, 0.2) is 0 Å². The van der Waals surface area contributed by atoms with Crippen LogP contribution in [0.4, 0.5) is 0 Å². The lowest BCUT2D eigenvalue weighted by atomic mass is 9.69. The fraction of sp³-hybridized carbons (Fsp3) is 1.00. The standard InChI is InChI=1S/C15H27N/c1-11(2)9-16-6-5-15-13-4-3-12(7-13)8-14(15)10-16/h11-15H,3-10H2,1-2H3/t12?,13-,14+,15+/m0/s1. The minimum Gasteiger partial charge on any atom is -0.303 e. The zero-order valence-corrected chi connectivity index (χ0v) is 11.0. The van der Waals surface area contributed by atoms with Crippen LogP contribution in [-0.2, 0) is 0 Å². The quantitative estimate of drug-likeness (QED) is 0.691. The van der Waals surface area contributed by atoms with E-state index in [-0.39, 0.29) is 0 Å². The van der Waals surface area contributed by atoms with Crippen molar-refractivity contribution in [3.8, 4) is 0 Å². The predicted octanol–water partition coefficient (Wildman–Crippen LogP) is 3.40. The van der Waals surface area contributed by atoms with Crippen LogP contribution in [0.1, 0.15) is 46.0 Å². The Bertz CT molecular complexity index is 248. The summed E-state index contributed by atoms with van der Waals surface area (Å²) in [6.07, 6.45) is 7.79. The molecule has 3 rings (SSSR count). The molecule has 1 heteroatoms. The molecule has 0 aromatic heterocycles. The highest BCUT2D eigenvalue weighted by Gasteiger charge is 2.43. The van der Waals surface area contributed by atoms with Crippen LogP contribution in [0.2, 0.25) is 0 Å².